The molecule has 2 aliphatic rings. The van der Waals surface area contributed by atoms with E-state index in [0.717, 1.165) is 0 Å². The van der Waals surface area contributed by atoms with Gasteiger partial charge in [-0.05, 0) is 140 Å². The smallest absolute Gasteiger partial charge is 0.0159 e. The van der Waals surface area contributed by atoms with Crippen LogP contribution in [-0.2, 0) is 32.5 Å². The molecule has 8 rings (SSSR count). The zero-order valence-corrected chi connectivity index (χ0v) is 38.4. The average molecular weight is 763 g/mol. The first kappa shape index (κ1) is 40.1. The van der Waals surface area contributed by atoms with Crippen LogP contribution in [-0.4, -0.2) is 0 Å². The van der Waals surface area contributed by atoms with Crippen LogP contribution in [0.2, 0.25) is 0 Å². The number of fused-ring (bicyclic) bond motifs is 6. The van der Waals surface area contributed by atoms with Gasteiger partial charge in [0.25, 0.3) is 0 Å². The lowest BCUT2D eigenvalue weighted by molar-refractivity contribution is 0.579. The zero-order chi connectivity index (χ0) is 42.1. The highest BCUT2D eigenvalue weighted by atomic mass is 14.4. The zero-order valence-electron chi connectivity index (χ0n) is 38.4. The molecule has 6 aromatic carbocycles. The third-order valence-electron chi connectivity index (χ3n) is 13.7. The van der Waals surface area contributed by atoms with Crippen molar-refractivity contribution in [1.82, 2.24) is 0 Å². The maximum atomic E-state index is 2.51. The predicted molar refractivity (Wildman–Crippen MR) is 253 cm³/mol. The number of rotatable bonds is 3. The molecule has 0 atom stereocenters. The van der Waals surface area contributed by atoms with Gasteiger partial charge in [0.05, 0.1) is 0 Å². The van der Waals surface area contributed by atoms with Crippen LogP contribution in [0.4, 0.5) is 0 Å². The van der Waals surface area contributed by atoms with Gasteiger partial charge in [-0.15, -0.1) is 0 Å². The molecule has 0 N–H and O–H groups in total. The van der Waals surface area contributed by atoms with Gasteiger partial charge in [0.2, 0.25) is 0 Å². The normalized spacial score (nSPS) is 15.5. The van der Waals surface area contributed by atoms with Crippen molar-refractivity contribution < 1.29 is 0 Å². The first-order valence-corrected chi connectivity index (χ1v) is 21.7. The van der Waals surface area contributed by atoms with Crippen molar-refractivity contribution in [2.24, 2.45) is 0 Å². The van der Waals surface area contributed by atoms with Crippen LogP contribution in [0, 0.1) is 0 Å². The fourth-order valence-electron chi connectivity index (χ4n) is 9.66. The Morgan fingerprint density at radius 1 is 0.293 bits per heavy atom. The van der Waals surface area contributed by atoms with E-state index in [1.54, 1.807) is 0 Å². The second kappa shape index (κ2) is 12.9. The van der Waals surface area contributed by atoms with Gasteiger partial charge in [-0.1, -0.05) is 202 Å². The molecule has 6 aromatic rings. The first-order chi connectivity index (χ1) is 26.8. The summed E-state index contributed by atoms with van der Waals surface area (Å²) >= 11 is 0. The molecule has 0 aliphatic heterocycles. The molecule has 0 heteroatoms. The van der Waals surface area contributed by atoms with Gasteiger partial charge in [-0.3, -0.25) is 0 Å². The highest BCUT2D eigenvalue weighted by Gasteiger charge is 2.41. The molecule has 0 fully saturated rings. The Labute approximate surface area is 351 Å². The van der Waals surface area contributed by atoms with Crippen molar-refractivity contribution in [3.8, 4) is 55.6 Å². The Balaban J connectivity index is 1.25. The maximum absolute atomic E-state index is 2.51. The molecule has 0 spiro atoms. The van der Waals surface area contributed by atoms with E-state index in [9.17, 15) is 0 Å². The average Bonchev–Trinajstić information content (AvgIpc) is 3.52. The van der Waals surface area contributed by atoms with E-state index < -0.39 is 0 Å². The molecule has 58 heavy (non-hydrogen) atoms. The molecule has 0 amide bonds. The standard InChI is InChI=1S/C58H66/c1-53(2,3)39-24-26-43-47(31-39)57(13,14)49-33-41(55(7,8)9)29-45(51(43)49)36-22-20-35(21-23-36)37-18-17-19-38(28-37)46-30-42(56(10,11)12)34-50-52(46)44-27-25-40(54(4,5)6)32-48(44)58(50,15)16/h17-34H,1-16H3. The van der Waals surface area contributed by atoms with Crippen LogP contribution < -0.4 is 0 Å². The van der Waals surface area contributed by atoms with Crippen molar-refractivity contribution in [1.29, 1.82) is 0 Å². The Bertz CT molecular complexity index is 2610. The molecule has 298 valence electrons. The van der Waals surface area contributed by atoms with E-state index in [2.05, 4.69) is 220 Å². The molecule has 0 saturated carbocycles. The molecule has 2 aliphatic carbocycles. The molecule has 0 unspecified atom stereocenters. The third kappa shape index (κ3) is 6.51. The molecule has 0 nitrogen and oxygen atoms in total. The van der Waals surface area contributed by atoms with Crippen molar-refractivity contribution in [2.45, 2.75) is 143 Å². The quantitative estimate of drug-likeness (QED) is 0.168. The largest absolute Gasteiger partial charge is 0.0610 e. The predicted octanol–water partition coefficient (Wildman–Crippen LogP) is 16.5. The minimum absolute atomic E-state index is 0.0216. The summed E-state index contributed by atoms with van der Waals surface area (Å²) in [4.78, 5) is 0. The fourth-order valence-corrected chi connectivity index (χ4v) is 9.66. The summed E-state index contributed by atoms with van der Waals surface area (Å²) in [5.74, 6) is 0. The molecule has 0 radical (unpaired) electrons. The summed E-state index contributed by atoms with van der Waals surface area (Å²) in [7, 11) is 0. The van der Waals surface area contributed by atoms with Crippen LogP contribution in [0.25, 0.3) is 55.6 Å². The van der Waals surface area contributed by atoms with E-state index in [1.165, 1.54) is 100 Å². The molecule has 0 bridgehead atoms. The number of hydrogen-bond donors (Lipinski definition) is 0. The first-order valence-electron chi connectivity index (χ1n) is 21.7. The van der Waals surface area contributed by atoms with Gasteiger partial charge in [-0.2, -0.15) is 0 Å². The van der Waals surface area contributed by atoms with Gasteiger partial charge >= 0.3 is 0 Å². The highest BCUT2D eigenvalue weighted by Crippen LogP contribution is 2.56. The molecular weight excluding hydrogens is 697 g/mol. The Morgan fingerprint density at radius 2 is 0.655 bits per heavy atom. The van der Waals surface area contributed by atoms with E-state index in [0.29, 0.717) is 0 Å². The van der Waals surface area contributed by atoms with Gasteiger partial charge in [0.1, 0.15) is 0 Å². The SMILES string of the molecule is CC(C)(C)c1ccc2c(c1)C(C)(C)c1cc(C(C)(C)C)cc(-c3ccc(-c4cccc(-c5cc(C(C)(C)C)cc6c5-c5ccc(C(C)(C)C)cc5C6(C)C)c4)cc3)c1-2. The Morgan fingerprint density at radius 3 is 1.07 bits per heavy atom. The Kier molecular flexibility index (Phi) is 8.93. The summed E-state index contributed by atoms with van der Waals surface area (Å²) < 4.78 is 0. The summed E-state index contributed by atoms with van der Waals surface area (Å²) in [6.07, 6.45) is 0. The van der Waals surface area contributed by atoms with E-state index >= 15 is 0 Å². The van der Waals surface area contributed by atoms with Crippen LogP contribution >= 0.6 is 0 Å². The summed E-state index contributed by atoms with van der Waals surface area (Å²) in [5.41, 5.74) is 24.6. The van der Waals surface area contributed by atoms with Gasteiger partial charge in [0, 0.05) is 10.8 Å². The fraction of sp³-hybridized carbons (Fsp3) is 0.379. The van der Waals surface area contributed by atoms with Crippen LogP contribution in [0.15, 0.2) is 109 Å². The lowest BCUT2D eigenvalue weighted by Gasteiger charge is -2.27. The lowest BCUT2D eigenvalue weighted by atomic mass is 9.76. The third-order valence-corrected chi connectivity index (χ3v) is 13.7. The van der Waals surface area contributed by atoms with Gasteiger partial charge < -0.3 is 0 Å². The molecular formula is C58H66. The Hall–Kier alpha value is -4.68. The molecule has 0 aromatic heterocycles. The van der Waals surface area contributed by atoms with Gasteiger partial charge in [0.15, 0.2) is 0 Å². The minimum atomic E-state index is -0.0928. The summed E-state index contributed by atoms with van der Waals surface area (Å²) in [6.45, 7) is 37.7. The van der Waals surface area contributed by atoms with Crippen molar-refractivity contribution >= 4 is 0 Å². The van der Waals surface area contributed by atoms with E-state index in [-0.39, 0.29) is 32.5 Å². The summed E-state index contributed by atoms with van der Waals surface area (Å²) in [5, 5.41) is 0. The van der Waals surface area contributed by atoms with Crippen molar-refractivity contribution in [3.63, 3.8) is 0 Å². The van der Waals surface area contributed by atoms with Crippen LogP contribution in [0.5, 0.6) is 0 Å². The van der Waals surface area contributed by atoms with Gasteiger partial charge in [-0.25, -0.2) is 0 Å². The highest BCUT2D eigenvalue weighted by molar-refractivity contribution is 5.95. The number of benzene rings is 6. The molecule has 0 saturated heterocycles. The minimum Gasteiger partial charge on any atom is -0.0610 e. The number of hydrogen-bond acceptors (Lipinski definition) is 0. The van der Waals surface area contributed by atoms with E-state index in [4.69, 9.17) is 0 Å². The van der Waals surface area contributed by atoms with Crippen molar-refractivity contribution in [3.05, 3.63) is 154 Å². The van der Waals surface area contributed by atoms with Crippen molar-refractivity contribution in [2.75, 3.05) is 0 Å². The monoisotopic (exact) mass is 763 g/mol. The van der Waals surface area contributed by atoms with Crippen LogP contribution in [0.1, 0.15) is 155 Å². The lowest BCUT2D eigenvalue weighted by Crippen LogP contribution is -2.19. The molecule has 0 heterocycles. The van der Waals surface area contributed by atoms with Crippen LogP contribution in [0.3, 0.4) is 0 Å². The van der Waals surface area contributed by atoms with E-state index in [1.807, 2.05) is 0 Å². The summed E-state index contributed by atoms with van der Waals surface area (Å²) in [6, 6.07) is 43.2. The topological polar surface area (TPSA) is 0 Å². The maximum Gasteiger partial charge on any atom is 0.0159 e. The second-order valence-electron chi connectivity index (χ2n) is 22.8. The second-order valence-corrected chi connectivity index (χ2v) is 22.8.